The molecule has 0 aliphatic carbocycles. The van der Waals surface area contributed by atoms with Crippen LogP contribution in [0.2, 0.25) is 0 Å². The minimum Gasteiger partial charge on any atom is -0.298 e. The summed E-state index contributed by atoms with van der Waals surface area (Å²) < 4.78 is 0. The lowest BCUT2D eigenvalue weighted by Crippen LogP contribution is -2.33. The maximum Gasteiger partial charge on any atom is 0.0701 e. The first-order valence-corrected chi connectivity index (χ1v) is 4.17. The van der Waals surface area contributed by atoms with Crippen LogP contribution in [0.25, 0.3) is 0 Å². The van der Waals surface area contributed by atoms with Crippen LogP contribution >= 0.6 is 0 Å². The lowest BCUT2D eigenvalue weighted by atomic mass is 10.1. The van der Waals surface area contributed by atoms with Crippen molar-refractivity contribution in [2.24, 2.45) is 0 Å². The Kier molecular flexibility index (Phi) is 2.69. The van der Waals surface area contributed by atoms with Gasteiger partial charge in [-0.25, -0.2) is 0 Å². The van der Waals surface area contributed by atoms with Gasteiger partial charge in [-0.3, -0.25) is 4.84 Å². The van der Waals surface area contributed by atoms with E-state index in [9.17, 15) is 0 Å². The lowest BCUT2D eigenvalue weighted by molar-refractivity contribution is -0.154. The Morgan fingerprint density at radius 2 is 2.30 bits per heavy atom. The SMILES string of the molecule is CCC1CCON1C(C)C. The van der Waals surface area contributed by atoms with Crippen LogP contribution in [0.4, 0.5) is 0 Å². The van der Waals surface area contributed by atoms with Crippen molar-refractivity contribution in [1.29, 1.82) is 0 Å². The minimum atomic E-state index is 0.535. The van der Waals surface area contributed by atoms with Crippen LogP contribution < -0.4 is 0 Å². The van der Waals surface area contributed by atoms with E-state index < -0.39 is 0 Å². The molecule has 1 atom stereocenters. The number of nitrogens with zero attached hydrogens (tertiary/aromatic N) is 1. The van der Waals surface area contributed by atoms with Gasteiger partial charge in [0.1, 0.15) is 0 Å². The predicted molar refractivity (Wildman–Crippen MR) is 41.6 cm³/mol. The highest BCUT2D eigenvalue weighted by molar-refractivity contribution is 4.71. The van der Waals surface area contributed by atoms with Crippen molar-refractivity contribution in [2.45, 2.75) is 45.7 Å². The summed E-state index contributed by atoms with van der Waals surface area (Å²) in [6.07, 6.45) is 2.41. The van der Waals surface area contributed by atoms with Gasteiger partial charge in [0.2, 0.25) is 0 Å². The average molecular weight is 143 g/mol. The average Bonchev–Trinajstić information content (AvgIpc) is 2.33. The summed E-state index contributed by atoms with van der Waals surface area (Å²) in [6, 6.07) is 1.20. The van der Waals surface area contributed by atoms with E-state index in [1.165, 1.54) is 12.8 Å². The van der Waals surface area contributed by atoms with Crippen LogP contribution in [0.1, 0.15) is 33.6 Å². The van der Waals surface area contributed by atoms with Crippen molar-refractivity contribution in [3.05, 3.63) is 0 Å². The smallest absolute Gasteiger partial charge is 0.0701 e. The normalized spacial score (nSPS) is 28.2. The fraction of sp³-hybridized carbons (Fsp3) is 1.00. The summed E-state index contributed by atoms with van der Waals surface area (Å²) in [5.74, 6) is 0. The number of hydroxylamine groups is 2. The second-order valence-electron chi connectivity index (χ2n) is 3.14. The van der Waals surface area contributed by atoms with Gasteiger partial charge >= 0.3 is 0 Å². The van der Waals surface area contributed by atoms with Crippen molar-refractivity contribution in [3.8, 4) is 0 Å². The van der Waals surface area contributed by atoms with Gasteiger partial charge in [0, 0.05) is 12.1 Å². The number of hydrogen-bond donors (Lipinski definition) is 0. The zero-order valence-corrected chi connectivity index (χ0v) is 7.13. The molecule has 0 saturated carbocycles. The zero-order chi connectivity index (χ0) is 7.56. The van der Waals surface area contributed by atoms with Crippen LogP contribution in [0.3, 0.4) is 0 Å². The Balaban J connectivity index is 2.42. The molecule has 60 valence electrons. The van der Waals surface area contributed by atoms with E-state index in [0.717, 1.165) is 6.61 Å². The highest BCUT2D eigenvalue weighted by Gasteiger charge is 2.25. The third kappa shape index (κ3) is 1.50. The van der Waals surface area contributed by atoms with E-state index in [1.807, 2.05) is 0 Å². The van der Waals surface area contributed by atoms with Gasteiger partial charge in [-0.15, -0.1) is 0 Å². The molecule has 0 bridgehead atoms. The summed E-state index contributed by atoms with van der Waals surface area (Å²) in [4.78, 5) is 5.45. The summed E-state index contributed by atoms with van der Waals surface area (Å²) in [6.45, 7) is 7.48. The van der Waals surface area contributed by atoms with Crippen LogP contribution in [0.5, 0.6) is 0 Å². The first-order chi connectivity index (χ1) is 4.75. The van der Waals surface area contributed by atoms with E-state index in [1.54, 1.807) is 0 Å². The third-order valence-corrected chi connectivity index (χ3v) is 2.03. The van der Waals surface area contributed by atoms with E-state index >= 15 is 0 Å². The minimum absolute atomic E-state index is 0.535. The molecule has 2 nitrogen and oxygen atoms in total. The molecule has 0 N–H and O–H groups in total. The highest BCUT2D eigenvalue weighted by Crippen LogP contribution is 2.19. The molecular weight excluding hydrogens is 126 g/mol. The molecule has 1 aliphatic rings. The predicted octanol–water partition coefficient (Wildman–Crippen LogP) is 1.81. The molecule has 0 radical (unpaired) electrons. The van der Waals surface area contributed by atoms with Gasteiger partial charge in [-0.1, -0.05) is 6.92 Å². The Morgan fingerprint density at radius 1 is 1.60 bits per heavy atom. The summed E-state index contributed by atoms with van der Waals surface area (Å²) in [5.41, 5.74) is 0. The maximum absolute atomic E-state index is 5.45. The molecule has 2 heteroatoms. The van der Waals surface area contributed by atoms with Crippen LogP contribution in [0.15, 0.2) is 0 Å². The molecule has 0 aromatic rings. The van der Waals surface area contributed by atoms with Gasteiger partial charge < -0.3 is 0 Å². The largest absolute Gasteiger partial charge is 0.298 e. The van der Waals surface area contributed by atoms with Crippen molar-refractivity contribution in [3.63, 3.8) is 0 Å². The van der Waals surface area contributed by atoms with Crippen molar-refractivity contribution in [2.75, 3.05) is 6.61 Å². The molecule has 1 aliphatic heterocycles. The quantitative estimate of drug-likeness (QED) is 0.584. The van der Waals surface area contributed by atoms with E-state index in [0.29, 0.717) is 12.1 Å². The molecular formula is C8H17NO. The van der Waals surface area contributed by atoms with Crippen molar-refractivity contribution < 1.29 is 4.84 Å². The van der Waals surface area contributed by atoms with Crippen molar-refractivity contribution in [1.82, 2.24) is 5.06 Å². The molecule has 1 rings (SSSR count). The second kappa shape index (κ2) is 3.35. The molecule has 0 amide bonds. The molecule has 1 unspecified atom stereocenters. The molecule has 0 aromatic heterocycles. The zero-order valence-electron chi connectivity index (χ0n) is 7.13. The Morgan fingerprint density at radius 3 is 2.70 bits per heavy atom. The first-order valence-electron chi connectivity index (χ1n) is 4.17. The molecule has 1 heterocycles. The van der Waals surface area contributed by atoms with Gasteiger partial charge in [-0.2, -0.15) is 5.06 Å². The van der Waals surface area contributed by atoms with Gasteiger partial charge in [0.05, 0.1) is 6.61 Å². The molecule has 0 aromatic carbocycles. The van der Waals surface area contributed by atoms with Crippen LogP contribution in [0, 0.1) is 0 Å². The van der Waals surface area contributed by atoms with E-state index in [2.05, 4.69) is 25.8 Å². The molecule has 1 fully saturated rings. The van der Waals surface area contributed by atoms with Crippen LogP contribution in [-0.4, -0.2) is 23.8 Å². The van der Waals surface area contributed by atoms with Crippen molar-refractivity contribution >= 4 is 0 Å². The fourth-order valence-electron chi connectivity index (χ4n) is 1.48. The lowest BCUT2D eigenvalue weighted by Gasteiger charge is -2.24. The Hall–Kier alpha value is -0.0800. The van der Waals surface area contributed by atoms with Crippen LogP contribution in [-0.2, 0) is 4.84 Å². The highest BCUT2D eigenvalue weighted by atomic mass is 16.7. The number of rotatable bonds is 2. The first kappa shape index (κ1) is 8.02. The fourth-order valence-corrected chi connectivity index (χ4v) is 1.48. The van der Waals surface area contributed by atoms with Gasteiger partial charge in [0.15, 0.2) is 0 Å². The van der Waals surface area contributed by atoms with E-state index in [-0.39, 0.29) is 0 Å². The summed E-state index contributed by atoms with van der Waals surface area (Å²) in [5, 5.41) is 2.12. The molecule has 10 heavy (non-hydrogen) atoms. The van der Waals surface area contributed by atoms with Gasteiger partial charge in [-0.05, 0) is 26.7 Å². The topological polar surface area (TPSA) is 12.5 Å². The van der Waals surface area contributed by atoms with E-state index in [4.69, 9.17) is 4.84 Å². The molecule has 0 spiro atoms. The van der Waals surface area contributed by atoms with Gasteiger partial charge in [0.25, 0.3) is 0 Å². The Labute approximate surface area is 63.1 Å². The third-order valence-electron chi connectivity index (χ3n) is 2.03. The monoisotopic (exact) mass is 143 g/mol. The summed E-state index contributed by atoms with van der Waals surface area (Å²) >= 11 is 0. The second-order valence-corrected chi connectivity index (χ2v) is 3.14. The number of hydrogen-bond acceptors (Lipinski definition) is 2. The molecule has 1 saturated heterocycles. The Bertz CT molecular complexity index is 103. The maximum atomic E-state index is 5.45. The standard InChI is InChI=1S/C8H17NO/c1-4-8-5-6-10-9(8)7(2)3/h7-8H,4-6H2,1-3H3. The summed E-state index contributed by atoms with van der Waals surface area (Å²) in [7, 11) is 0.